The summed E-state index contributed by atoms with van der Waals surface area (Å²) < 4.78 is 5.25. The molecule has 1 N–H and O–H groups in total. The van der Waals surface area contributed by atoms with Crippen molar-refractivity contribution in [2.45, 2.75) is 6.04 Å². The second-order valence-electron chi connectivity index (χ2n) is 6.58. The monoisotopic (exact) mass is 424 g/mol. The van der Waals surface area contributed by atoms with E-state index in [-0.39, 0.29) is 11.9 Å². The molecule has 1 aliphatic rings. The number of hydrogen-bond donors (Lipinski definition) is 1. The van der Waals surface area contributed by atoms with E-state index >= 15 is 0 Å². The first-order valence-electron chi connectivity index (χ1n) is 9.02. The zero-order chi connectivity index (χ0) is 20.4. The summed E-state index contributed by atoms with van der Waals surface area (Å²) in [5.41, 5.74) is 3.04. The molecule has 0 radical (unpaired) electrons. The number of carbonyl (C=O) groups excluding carboxylic acids is 1. The molecule has 0 fully saturated rings. The van der Waals surface area contributed by atoms with Crippen molar-refractivity contribution in [2.75, 3.05) is 17.3 Å². The SMILES string of the molecule is COc1ccc([C@@H]2C=C(Nc3ccc(Cl)cc3)C(=O)N2c2ccc(Cl)cc2)cc1. The largest absolute Gasteiger partial charge is 0.497 e. The fraction of sp³-hybridized carbons (Fsp3) is 0.0870. The molecule has 29 heavy (non-hydrogen) atoms. The van der Waals surface area contributed by atoms with E-state index in [1.807, 2.05) is 54.6 Å². The Morgan fingerprint density at radius 1 is 0.862 bits per heavy atom. The van der Waals surface area contributed by atoms with Crippen molar-refractivity contribution in [3.8, 4) is 5.75 Å². The number of nitrogens with zero attached hydrogens (tertiary/aromatic N) is 1. The van der Waals surface area contributed by atoms with Gasteiger partial charge in [0, 0.05) is 21.4 Å². The molecule has 6 heteroatoms. The Morgan fingerprint density at radius 2 is 1.45 bits per heavy atom. The highest BCUT2D eigenvalue weighted by Crippen LogP contribution is 2.37. The topological polar surface area (TPSA) is 41.6 Å². The van der Waals surface area contributed by atoms with E-state index in [1.54, 1.807) is 36.3 Å². The smallest absolute Gasteiger partial charge is 0.275 e. The van der Waals surface area contributed by atoms with Crippen LogP contribution in [0.2, 0.25) is 10.0 Å². The number of ether oxygens (including phenoxy) is 1. The fourth-order valence-corrected chi connectivity index (χ4v) is 3.52. The maximum absolute atomic E-state index is 13.3. The summed E-state index contributed by atoms with van der Waals surface area (Å²) in [7, 11) is 1.63. The number of halogens is 2. The molecule has 0 bridgehead atoms. The highest BCUT2D eigenvalue weighted by atomic mass is 35.5. The first-order chi connectivity index (χ1) is 14.0. The van der Waals surface area contributed by atoms with Crippen LogP contribution in [0, 0.1) is 0 Å². The van der Waals surface area contributed by atoms with E-state index in [0.717, 1.165) is 22.7 Å². The molecular formula is C23H18Cl2N2O2. The quantitative estimate of drug-likeness (QED) is 0.538. The molecule has 4 rings (SSSR count). The highest BCUT2D eigenvalue weighted by molar-refractivity contribution is 6.31. The third kappa shape index (κ3) is 4.09. The van der Waals surface area contributed by atoms with Crippen LogP contribution in [0.1, 0.15) is 11.6 Å². The molecule has 1 amide bonds. The number of anilines is 2. The molecule has 4 nitrogen and oxygen atoms in total. The summed E-state index contributed by atoms with van der Waals surface area (Å²) in [5, 5.41) is 4.47. The van der Waals surface area contributed by atoms with Crippen molar-refractivity contribution in [3.63, 3.8) is 0 Å². The van der Waals surface area contributed by atoms with Gasteiger partial charge < -0.3 is 10.1 Å². The fourth-order valence-electron chi connectivity index (χ4n) is 3.27. The summed E-state index contributed by atoms with van der Waals surface area (Å²) in [6.45, 7) is 0. The predicted molar refractivity (Wildman–Crippen MR) is 118 cm³/mol. The molecule has 0 saturated heterocycles. The van der Waals surface area contributed by atoms with Gasteiger partial charge in [0.2, 0.25) is 0 Å². The number of hydrogen-bond acceptors (Lipinski definition) is 3. The molecule has 0 spiro atoms. The lowest BCUT2D eigenvalue weighted by Gasteiger charge is -2.25. The van der Waals surface area contributed by atoms with Gasteiger partial charge >= 0.3 is 0 Å². The Kier molecular flexibility index (Phi) is 5.47. The van der Waals surface area contributed by atoms with Gasteiger partial charge in [-0.15, -0.1) is 0 Å². The van der Waals surface area contributed by atoms with Crippen LogP contribution in [0.25, 0.3) is 0 Å². The van der Waals surface area contributed by atoms with Crippen molar-refractivity contribution in [1.29, 1.82) is 0 Å². The van der Waals surface area contributed by atoms with E-state index in [0.29, 0.717) is 15.7 Å². The van der Waals surface area contributed by atoms with E-state index in [4.69, 9.17) is 27.9 Å². The maximum Gasteiger partial charge on any atom is 0.275 e. The van der Waals surface area contributed by atoms with Crippen LogP contribution in [0.15, 0.2) is 84.6 Å². The van der Waals surface area contributed by atoms with Gasteiger partial charge in [-0.1, -0.05) is 35.3 Å². The van der Waals surface area contributed by atoms with Gasteiger partial charge in [-0.2, -0.15) is 0 Å². The number of amides is 1. The number of methoxy groups -OCH3 is 1. The predicted octanol–water partition coefficient (Wildman–Crippen LogP) is 6.09. The minimum atomic E-state index is -0.260. The molecule has 0 unspecified atom stereocenters. The third-order valence-corrected chi connectivity index (χ3v) is 5.24. The van der Waals surface area contributed by atoms with E-state index < -0.39 is 0 Å². The molecule has 1 aliphatic heterocycles. The molecule has 3 aromatic carbocycles. The highest BCUT2D eigenvalue weighted by Gasteiger charge is 2.34. The van der Waals surface area contributed by atoms with E-state index in [9.17, 15) is 4.79 Å². The summed E-state index contributed by atoms with van der Waals surface area (Å²) >= 11 is 12.0. The number of rotatable bonds is 5. The first-order valence-corrected chi connectivity index (χ1v) is 9.78. The van der Waals surface area contributed by atoms with Gasteiger partial charge in [-0.05, 0) is 72.3 Å². The molecule has 1 atom stereocenters. The van der Waals surface area contributed by atoms with E-state index in [2.05, 4.69) is 5.32 Å². The second-order valence-corrected chi connectivity index (χ2v) is 7.45. The summed E-state index contributed by atoms with van der Waals surface area (Å²) in [5.74, 6) is 0.641. The standard InChI is InChI=1S/C23H18Cl2N2O2/c1-29-20-12-2-15(3-13-20)22-14-21(26-18-8-4-16(24)5-9-18)23(28)27(22)19-10-6-17(25)7-11-19/h2-14,22,26H,1H3/t22-/m0/s1. The van der Waals surface area contributed by atoms with Gasteiger partial charge in [-0.25, -0.2) is 0 Å². The Morgan fingerprint density at radius 3 is 2.03 bits per heavy atom. The molecule has 1 heterocycles. The number of carbonyl (C=O) groups is 1. The first kappa shape index (κ1) is 19.4. The zero-order valence-corrected chi connectivity index (χ0v) is 17.1. The Hall–Kier alpha value is -2.95. The summed E-state index contributed by atoms with van der Waals surface area (Å²) in [6.07, 6.45) is 1.92. The average molecular weight is 425 g/mol. The molecular weight excluding hydrogens is 407 g/mol. The molecule has 3 aromatic rings. The van der Waals surface area contributed by atoms with Crippen LogP contribution in [-0.2, 0) is 4.79 Å². The van der Waals surface area contributed by atoms with Crippen LogP contribution in [-0.4, -0.2) is 13.0 Å². The van der Waals surface area contributed by atoms with Crippen LogP contribution in [0.4, 0.5) is 11.4 Å². The molecule has 0 saturated carbocycles. The minimum absolute atomic E-state index is 0.122. The van der Waals surface area contributed by atoms with Crippen LogP contribution < -0.4 is 15.0 Å². The lowest BCUT2D eigenvalue weighted by Crippen LogP contribution is -2.30. The summed E-state index contributed by atoms with van der Waals surface area (Å²) in [6, 6.07) is 21.9. The third-order valence-electron chi connectivity index (χ3n) is 4.74. The van der Waals surface area contributed by atoms with Crippen molar-refractivity contribution in [1.82, 2.24) is 0 Å². The summed E-state index contributed by atoms with van der Waals surface area (Å²) in [4.78, 5) is 15.0. The van der Waals surface area contributed by atoms with Gasteiger partial charge in [0.15, 0.2) is 0 Å². The van der Waals surface area contributed by atoms with Crippen molar-refractivity contribution in [2.24, 2.45) is 0 Å². The van der Waals surface area contributed by atoms with Gasteiger partial charge in [0.25, 0.3) is 5.91 Å². The number of benzene rings is 3. The molecule has 146 valence electrons. The molecule has 0 aliphatic carbocycles. The average Bonchev–Trinajstić information content (AvgIpc) is 3.06. The Balaban J connectivity index is 1.71. The maximum atomic E-state index is 13.3. The zero-order valence-electron chi connectivity index (χ0n) is 15.6. The second kappa shape index (κ2) is 8.19. The number of nitrogens with one attached hydrogen (secondary N) is 1. The van der Waals surface area contributed by atoms with Crippen LogP contribution in [0.3, 0.4) is 0 Å². The lowest BCUT2D eigenvalue weighted by atomic mass is 10.1. The Labute approximate surface area is 179 Å². The minimum Gasteiger partial charge on any atom is -0.497 e. The van der Waals surface area contributed by atoms with Crippen molar-refractivity contribution in [3.05, 3.63) is 100 Å². The van der Waals surface area contributed by atoms with Crippen molar-refractivity contribution >= 4 is 40.5 Å². The van der Waals surface area contributed by atoms with E-state index in [1.165, 1.54) is 0 Å². The lowest BCUT2D eigenvalue weighted by molar-refractivity contribution is -0.114. The normalized spacial score (nSPS) is 16.0. The van der Waals surface area contributed by atoms with Gasteiger partial charge in [-0.3, -0.25) is 9.69 Å². The molecule has 0 aromatic heterocycles. The van der Waals surface area contributed by atoms with Gasteiger partial charge in [0.1, 0.15) is 11.4 Å². The van der Waals surface area contributed by atoms with Gasteiger partial charge in [0.05, 0.1) is 13.2 Å². The Bertz CT molecular complexity index is 1050. The van der Waals surface area contributed by atoms with Crippen LogP contribution >= 0.6 is 23.2 Å². The van der Waals surface area contributed by atoms with Crippen LogP contribution in [0.5, 0.6) is 5.75 Å². The van der Waals surface area contributed by atoms with Crippen molar-refractivity contribution < 1.29 is 9.53 Å².